The third-order valence-corrected chi connectivity index (χ3v) is 6.06. The number of benzene rings is 3. The number of nitrogens with zero attached hydrogens (tertiary/aromatic N) is 1. The van der Waals surface area contributed by atoms with Gasteiger partial charge < -0.3 is 15.0 Å². The van der Waals surface area contributed by atoms with E-state index in [9.17, 15) is 9.59 Å². The Morgan fingerprint density at radius 1 is 1.03 bits per heavy atom. The van der Waals surface area contributed by atoms with Gasteiger partial charge in [0.1, 0.15) is 5.75 Å². The van der Waals surface area contributed by atoms with Crippen LogP contribution in [0.15, 0.2) is 78.9 Å². The molecule has 172 valence electrons. The Hall–Kier alpha value is -4.04. The van der Waals surface area contributed by atoms with E-state index in [4.69, 9.17) is 4.74 Å². The van der Waals surface area contributed by atoms with Crippen molar-refractivity contribution in [3.63, 3.8) is 0 Å². The third kappa shape index (κ3) is 5.13. The van der Waals surface area contributed by atoms with E-state index in [-0.39, 0.29) is 18.4 Å². The smallest absolute Gasteiger partial charge is 0.227 e. The van der Waals surface area contributed by atoms with Gasteiger partial charge in [-0.3, -0.25) is 9.59 Å². The number of hydrogen-bond acceptors (Lipinski definition) is 3. The number of ether oxygens (including phenoxy) is 1. The molecule has 1 saturated heterocycles. The average Bonchev–Trinajstić information content (AvgIpc) is 2.87. The SMILES string of the molecule is COc1ccccc1C1C(C(=O)NCC#Cc2ccccc2)CCC(=O)N1c1ccc(C)cc1. The second kappa shape index (κ2) is 10.7. The molecule has 3 aromatic carbocycles. The van der Waals surface area contributed by atoms with Crippen LogP contribution in [0.25, 0.3) is 0 Å². The average molecular weight is 453 g/mol. The molecule has 0 radical (unpaired) electrons. The van der Waals surface area contributed by atoms with Crippen molar-refractivity contribution >= 4 is 17.5 Å². The van der Waals surface area contributed by atoms with E-state index < -0.39 is 12.0 Å². The Bertz CT molecular complexity index is 1210. The van der Waals surface area contributed by atoms with Crippen LogP contribution in [0.5, 0.6) is 5.75 Å². The number of carbonyl (C=O) groups excluding carboxylic acids is 2. The molecule has 0 saturated carbocycles. The molecular weight excluding hydrogens is 424 g/mol. The fourth-order valence-corrected chi connectivity index (χ4v) is 4.37. The molecule has 2 unspecified atom stereocenters. The summed E-state index contributed by atoms with van der Waals surface area (Å²) in [5.74, 6) is 6.17. The Morgan fingerprint density at radius 2 is 1.74 bits per heavy atom. The van der Waals surface area contributed by atoms with Crippen LogP contribution < -0.4 is 15.0 Å². The number of anilines is 1. The van der Waals surface area contributed by atoms with Gasteiger partial charge in [-0.05, 0) is 43.7 Å². The van der Waals surface area contributed by atoms with Crippen molar-refractivity contribution < 1.29 is 14.3 Å². The summed E-state index contributed by atoms with van der Waals surface area (Å²) in [5.41, 5.74) is 3.59. The van der Waals surface area contributed by atoms with E-state index in [1.807, 2.05) is 85.8 Å². The van der Waals surface area contributed by atoms with Crippen molar-refractivity contribution in [2.45, 2.75) is 25.8 Å². The predicted molar refractivity (Wildman–Crippen MR) is 133 cm³/mol. The molecule has 2 atom stereocenters. The van der Waals surface area contributed by atoms with E-state index >= 15 is 0 Å². The Morgan fingerprint density at radius 3 is 2.47 bits per heavy atom. The summed E-state index contributed by atoms with van der Waals surface area (Å²) in [7, 11) is 1.61. The molecule has 0 aliphatic carbocycles. The number of methoxy groups -OCH3 is 1. The minimum Gasteiger partial charge on any atom is -0.496 e. The van der Waals surface area contributed by atoms with Crippen LogP contribution in [-0.4, -0.2) is 25.5 Å². The van der Waals surface area contributed by atoms with Crippen LogP contribution in [0.1, 0.15) is 35.6 Å². The molecule has 1 aliphatic heterocycles. The van der Waals surface area contributed by atoms with Gasteiger partial charge >= 0.3 is 0 Å². The van der Waals surface area contributed by atoms with Crippen LogP contribution in [0.4, 0.5) is 5.69 Å². The maximum Gasteiger partial charge on any atom is 0.227 e. The standard InChI is InChI=1S/C29H28N2O3/c1-21-14-16-23(17-15-21)31-27(32)19-18-25(28(31)24-12-6-7-13-26(24)34-2)29(33)30-20-8-11-22-9-4-3-5-10-22/h3-7,9-10,12-17,25,28H,18-20H2,1-2H3,(H,30,33). The molecule has 3 aromatic rings. The van der Waals surface area contributed by atoms with Gasteiger partial charge in [0, 0.05) is 23.2 Å². The zero-order valence-electron chi connectivity index (χ0n) is 19.5. The van der Waals surface area contributed by atoms with Gasteiger partial charge in [0.25, 0.3) is 0 Å². The van der Waals surface area contributed by atoms with Crippen molar-refractivity contribution in [3.05, 3.63) is 95.6 Å². The Kier molecular flexibility index (Phi) is 7.29. The fourth-order valence-electron chi connectivity index (χ4n) is 4.37. The van der Waals surface area contributed by atoms with Gasteiger partial charge in [0.15, 0.2) is 0 Å². The van der Waals surface area contributed by atoms with Crippen molar-refractivity contribution in [1.82, 2.24) is 5.32 Å². The molecule has 0 bridgehead atoms. The topological polar surface area (TPSA) is 58.6 Å². The first-order valence-corrected chi connectivity index (χ1v) is 11.4. The lowest BCUT2D eigenvalue weighted by molar-refractivity contribution is -0.129. The monoisotopic (exact) mass is 452 g/mol. The molecule has 0 spiro atoms. The molecule has 1 aliphatic rings. The predicted octanol–water partition coefficient (Wildman–Crippen LogP) is 4.66. The van der Waals surface area contributed by atoms with Crippen LogP contribution in [-0.2, 0) is 9.59 Å². The highest BCUT2D eigenvalue weighted by atomic mass is 16.5. The molecule has 0 aromatic heterocycles. The van der Waals surface area contributed by atoms with Gasteiger partial charge in [-0.1, -0.05) is 65.9 Å². The first-order chi connectivity index (χ1) is 16.6. The molecule has 2 amide bonds. The van der Waals surface area contributed by atoms with Crippen molar-refractivity contribution in [3.8, 4) is 17.6 Å². The minimum atomic E-state index is -0.484. The number of nitrogens with one attached hydrogen (secondary N) is 1. The summed E-state index contributed by atoms with van der Waals surface area (Å²) in [5, 5.41) is 2.96. The molecular formula is C29H28N2O3. The van der Waals surface area contributed by atoms with Crippen LogP contribution in [0.3, 0.4) is 0 Å². The molecule has 5 heteroatoms. The van der Waals surface area contributed by atoms with Gasteiger partial charge in [-0.2, -0.15) is 0 Å². The summed E-state index contributed by atoms with van der Waals surface area (Å²) < 4.78 is 5.62. The first-order valence-electron chi connectivity index (χ1n) is 11.4. The third-order valence-electron chi connectivity index (χ3n) is 6.06. The number of rotatable bonds is 5. The second-order valence-corrected chi connectivity index (χ2v) is 8.32. The zero-order chi connectivity index (χ0) is 23.9. The van der Waals surface area contributed by atoms with Crippen molar-refractivity contribution in [2.24, 2.45) is 5.92 Å². The van der Waals surface area contributed by atoms with E-state index in [1.165, 1.54) is 0 Å². The van der Waals surface area contributed by atoms with E-state index in [0.29, 0.717) is 18.6 Å². The van der Waals surface area contributed by atoms with Gasteiger partial charge in [0.05, 0.1) is 25.6 Å². The number of carbonyl (C=O) groups is 2. The number of piperidine rings is 1. The molecule has 1 fully saturated rings. The van der Waals surface area contributed by atoms with E-state index in [0.717, 1.165) is 22.4 Å². The molecule has 34 heavy (non-hydrogen) atoms. The zero-order valence-corrected chi connectivity index (χ0v) is 19.5. The Balaban J connectivity index is 1.64. The lowest BCUT2D eigenvalue weighted by atomic mass is 9.82. The van der Waals surface area contributed by atoms with Crippen LogP contribution in [0, 0.1) is 24.7 Å². The Labute approximate surface area is 200 Å². The number of hydrogen-bond donors (Lipinski definition) is 1. The highest BCUT2D eigenvalue weighted by Crippen LogP contribution is 2.43. The number of aryl methyl sites for hydroxylation is 1. The van der Waals surface area contributed by atoms with E-state index in [1.54, 1.807) is 12.0 Å². The number of amides is 2. The first kappa shape index (κ1) is 23.1. The summed E-state index contributed by atoms with van der Waals surface area (Å²) in [6.45, 7) is 2.24. The molecule has 1 heterocycles. The highest BCUT2D eigenvalue weighted by molar-refractivity contribution is 5.97. The molecule has 1 N–H and O–H groups in total. The summed E-state index contributed by atoms with van der Waals surface area (Å²) >= 11 is 0. The number of para-hydroxylation sites is 1. The quantitative estimate of drug-likeness (QED) is 0.573. The summed E-state index contributed by atoms with van der Waals surface area (Å²) in [4.78, 5) is 28.3. The summed E-state index contributed by atoms with van der Waals surface area (Å²) in [6.07, 6.45) is 0.759. The van der Waals surface area contributed by atoms with Crippen molar-refractivity contribution in [1.29, 1.82) is 0 Å². The normalized spacial score (nSPS) is 17.5. The lowest BCUT2D eigenvalue weighted by Crippen LogP contribution is -2.48. The van der Waals surface area contributed by atoms with Crippen LogP contribution >= 0.6 is 0 Å². The maximum atomic E-state index is 13.4. The van der Waals surface area contributed by atoms with E-state index in [2.05, 4.69) is 17.2 Å². The molecule has 5 nitrogen and oxygen atoms in total. The van der Waals surface area contributed by atoms with Gasteiger partial charge in [-0.15, -0.1) is 0 Å². The largest absolute Gasteiger partial charge is 0.496 e. The van der Waals surface area contributed by atoms with Crippen molar-refractivity contribution in [2.75, 3.05) is 18.6 Å². The lowest BCUT2D eigenvalue weighted by Gasteiger charge is -2.41. The maximum absolute atomic E-state index is 13.4. The minimum absolute atomic E-state index is 0.00678. The molecule has 4 rings (SSSR count). The fraction of sp³-hybridized carbons (Fsp3) is 0.241. The van der Waals surface area contributed by atoms with Gasteiger partial charge in [-0.25, -0.2) is 0 Å². The second-order valence-electron chi connectivity index (χ2n) is 8.32. The highest BCUT2D eigenvalue weighted by Gasteiger charge is 2.42. The summed E-state index contributed by atoms with van der Waals surface area (Å²) in [6, 6.07) is 24.6. The van der Waals surface area contributed by atoms with Gasteiger partial charge in [0.2, 0.25) is 11.8 Å². The van der Waals surface area contributed by atoms with Crippen LogP contribution in [0.2, 0.25) is 0 Å².